The van der Waals surface area contributed by atoms with Crippen molar-refractivity contribution in [2.75, 3.05) is 31.2 Å². The minimum Gasteiger partial charge on any atom is -0.496 e. The summed E-state index contributed by atoms with van der Waals surface area (Å²) in [5.74, 6) is 0.110. The van der Waals surface area contributed by atoms with Gasteiger partial charge in [-0.05, 0) is 123 Å². The number of aromatic nitrogens is 2. The Hall–Kier alpha value is -4.10. The number of amides is 1. The Bertz CT molecular complexity index is 1820. The average Bonchev–Trinajstić information content (AvgIpc) is 3.50. The van der Waals surface area contributed by atoms with Gasteiger partial charge >= 0.3 is 5.97 Å². The van der Waals surface area contributed by atoms with Crippen molar-refractivity contribution in [1.29, 1.82) is 0 Å². The molecular weight excluding hydrogens is 634 g/mol. The molecule has 256 valence electrons. The highest BCUT2D eigenvalue weighted by atomic mass is 32.2. The molecule has 2 aromatic carbocycles. The number of hydrogen-bond donors (Lipinski definition) is 4. The van der Waals surface area contributed by atoms with E-state index in [2.05, 4.69) is 10.0 Å². The highest BCUT2D eigenvalue weighted by Crippen LogP contribution is 2.58. The summed E-state index contributed by atoms with van der Waals surface area (Å²) in [5, 5.41) is 18.6. The summed E-state index contributed by atoms with van der Waals surface area (Å²) in [5.41, 5.74) is 8.38. The standard InChI is InChI=1S/C35H43N5O7S/c1-46-30-8-5-9-31(47-2)32(30)29-19-27(33(41)37-35(34(42)43)22-15-20-14-21(17-22)18-23(35)16-20)38-40(29)28-11-10-26(39-48(44,45)13-12-36)24-6-3-4-7-25(24)28/h5,8-11,19-23,39H,3-4,6-7,12-18,36H2,1-2H3,(H,37,41)(H,42,43). The molecule has 1 aromatic heterocycles. The van der Waals surface area contributed by atoms with Crippen molar-refractivity contribution in [2.45, 2.75) is 63.3 Å². The van der Waals surface area contributed by atoms with Crippen LogP contribution >= 0.6 is 0 Å². The van der Waals surface area contributed by atoms with E-state index in [1.165, 1.54) is 0 Å². The third-order valence-electron chi connectivity index (χ3n) is 11.1. The highest BCUT2D eigenvalue weighted by molar-refractivity contribution is 7.92. The maximum Gasteiger partial charge on any atom is 0.330 e. The van der Waals surface area contributed by atoms with E-state index in [0.717, 1.165) is 56.1 Å². The summed E-state index contributed by atoms with van der Waals surface area (Å²) < 4.78 is 41.3. The van der Waals surface area contributed by atoms with E-state index in [1.807, 2.05) is 6.07 Å². The number of carboxylic acid groups (broad SMARTS) is 1. The molecule has 4 saturated carbocycles. The smallest absolute Gasteiger partial charge is 0.330 e. The molecule has 1 heterocycles. The Kier molecular flexibility index (Phi) is 8.39. The average molecular weight is 678 g/mol. The summed E-state index contributed by atoms with van der Waals surface area (Å²) in [7, 11) is -0.527. The van der Waals surface area contributed by atoms with Gasteiger partial charge in [0.15, 0.2) is 5.69 Å². The molecule has 0 spiro atoms. The Balaban J connectivity index is 1.36. The lowest BCUT2D eigenvalue weighted by molar-refractivity contribution is -0.163. The summed E-state index contributed by atoms with van der Waals surface area (Å²) in [6.45, 7) is 0.00363. The number of nitrogens with one attached hydrogen (secondary N) is 2. The summed E-state index contributed by atoms with van der Waals surface area (Å²) in [6, 6.07) is 10.6. The molecule has 1 amide bonds. The van der Waals surface area contributed by atoms with Gasteiger partial charge in [0.1, 0.15) is 17.0 Å². The van der Waals surface area contributed by atoms with Crippen LogP contribution in [0, 0.1) is 23.7 Å². The molecule has 8 rings (SSSR count). The number of nitrogens with zero attached hydrogens (tertiary/aromatic N) is 2. The van der Waals surface area contributed by atoms with E-state index in [0.29, 0.717) is 58.8 Å². The number of fused-ring (bicyclic) bond motifs is 1. The topological polar surface area (TPSA) is 175 Å². The highest BCUT2D eigenvalue weighted by Gasteiger charge is 2.62. The molecule has 12 nitrogen and oxygen atoms in total. The van der Waals surface area contributed by atoms with Crippen molar-refractivity contribution < 1.29 is 32.6 Å². The van der Waals surface area contributed by atoms with Crippen LogP contribution in [0.15, 0.2) is 36.4 Å². The Morgan fingerprint density at radius 1 is 0.979 bits per heavy atom. The fourth-order valence-corrected chi connectivity index (χ4v) is 10.2. The number of aliphatic carboxylic acids is 1. The molecule has 13 heteroatoms. The third kappa shape index (κ3) is 5.40. The molecule has 0 saturated heterocycles. The second-order valence-electron chi connectivity index (χ2n) is 13.8. The summed E-state index contributed by atoms with van der Waals surface area (Å²) in [4.78, 5) is 27.3. The fraction of sp³-hybridized carbons (Fsp3) is 0.514. The zero-order valence-electron chi connectivity index (χ0n) is 27.3. The van der Waals surface area contributed by atoms with Gasteiger partial charge in [-0.15, -0.1) is 0 Å². The molecule has 0 unspecified atom stereocenters. The number of ether oxygens (including phenoxy) is 2. The first kappa shape index (κ1) is 32.4. The van der Waals surface area contributed by atoms with E-state index < -0.39 is 27.4 Å². The van der Waals surface area contributed by atoms with E-state index >= 15 is 0 Å². The molecule has 3 aromatic rings. The molecule has 0 atom stereocenters. The van der Waals surface area contributed by atoms with E-state index in [9.17, 15) is 23.1 Å². The van der Waals surface area contributed by atoms with Gasteiger partial charge in [-0.2, -0.15) is 5.10 Å². The van der Waals surface area contributed by atoms with Gasteiger partial charge in [0.05, 0.1) is 42.6 Å². The first-order valence-electron chi connectivity index (χ1n) is 16.8. The second-order valence-corrected chi connectivity index (χ2v) is 15.6. The molecule has 4 bridgehead atoms. The van der Waals surface area contributed by atoms with Gasteiger partial charge in [0, 0.05) is 6.54 Å². The predicted molar refractivity (Wildman–Crippen MR) is 180 cm³/mol. The first-order chi connectivity index (χ1) is 23.1. The van der Waals surface area contributed by atoms with Crippen LogP contribution in [0.5, 0.6) is 11.5 Å². The molecular formula is C35H43N5O7S. The molecule has 5 aliphatic carbocycles. The second kappa shape index (κ2) is 12.4. The van der Waals surface area contributed by atoms with Crippen LogP contribution < -0.4 is 25.2 Å². The minimum atomic E-state index is -3.64. The number of nitrogens with two attached hydrogens (primary N) is 1. The number of hydrogen-bond acceptors (Lipinski definition) is 8. The van der Waals surface area contributed by atoms with Crippen molar-refractivity contribution in [3.63, 3.8) is 0 Å². The van der Waals surface area contributed by atoms with Gasteiger partial charge in [0.2, 0.25) is 10.0 Å². The maximum absolute atomic E-state index is 14.2. The zero-order valence-corrected chi connectivity index (χ0v) is 28.1. The van der Waals surface area contributed by atoms with Crippen LogP contribution in [-0.2, 0) is 27.7 Å². The van der Waals surface area contributed by atoms with Gasteiger partial charge in [0.25, 0.3) is 5.91 Å². The van der Waals surface area contributed by atoms with Crippen LogP contribution in [0.2, 0.25) is 0 Å². The lowest BCUT2D eigenvalue weighted by Crippen LogP contribution is -2.70. The van der Waals surface area contributed by atoms with Crippen molar-refractivity contribution in [3.05, 3.63) is 53.2 Å². The van der Waals surface area contributed by atoms with Crippen LogP contribution in [0.1, 0.15) is 66.6 Å². The van der Waals surface area contributed by atoms with Gasteiger partial charge < -0.3 is 25.6 Å². The van der Waals surface area contributed by atoms with Crippen LogP contribution in [0.4, 0.5) is 5.69 Å². The van der Waals surface area contributed by atoms with Gasteiger partial charge in [-0.3, -0.25) is 9.52 Å². The normalized spacial score (nSPS) is 25.7. The lowest BCUT2D eigenvalue weighted by atomic mass is 9.48. The first-order valence-corrected chi connectivity index (χ1v) is 18.5. The Morgan fingerprint density at radius 2 is 1.60 bits per heavy atom. The Labute approximate surface area is 280 Å². The third-order valence-corrected chi connectivity index (χ3v) is 12.4. The van der Waals surface area contributed by atoms with Crippen molar-refractivity contribution in [2.24, 2.45) is 29.4 Å². The minimum absolute atomic E-state index is 0.00363. The van der Waals surface area contributed by atoms with Crippen molar-refractivity contribution in [3.8, 4) is 28.4 Å². The van der Waals surface area contributed by atoms with Crippen LogP contribution in [0.25, 0.3) is 16.9 Å². The molecule has 0 aliphatic heterocycles. The molecule has 0 radical (unpaired) electrons. The number of methoxy groups -OCH3 is 2. The van der Waals surface area contributed by atoms with E-state index in [-0.39, 0.29) is 29.8 Å². The largest absolute Gasteiger partial charge is 0.496 e. The number of rotatable bonds is 11. The van der Waals surface area contributed by atoms with E-state index in [1.54, 1.807) is 49.2 Å². The van der Waals surface area contributed by atoms with Crippen molar-refractivity contribution in [1.82, 2.24) is 15.1 Å². The summed E-state index contributed by atoms with van der Waals surface area (Å²) >= 11 is 0. The monoisotopic (exact) mass is 677 g/mol. The molecule has 48 heavy (non-hydrogen) atoms. The maximum atomic E-state index is 14.2. The van der Waals surface area contributed by atoms with Gasteiger partial charge in [-0.25, -0.2) is 17.9 Å². The number of anilines is 1. The number of carboxylic acids is 1. The number of carbonyl (C=O) groups excluding carboxylic acids is 1. The summed E-state index contributed by atoms with van der Waals surface area (Å²) in [6.07, 6.45) is 7.53. The lowest BCUT2D eigenvalue weighted by Gasteiger charge is -2.59. The van der Waals surface area contributed by atoms with Crippen LogP contribution in [-0.4, -0.2) is 67.2 Å². The SMILES string of the molecule is COc1cccc(OC)c1-c1cc(C(=O)NC2(C(=O)O)C3CC4CC(C3)CC2C4)nn1-c1ccc(NS(=O)(=O)CCN)c2c1CCCC2. The molecule has 5 N–H and O–H groups in total. The van der Waals surface area contributed by atoms with E-state index in [4.69, 9.17) is 20.3 Å². The number of carbonyl (C=O) groups is 2. The van der Waals surface area contributed by atoms with Gasteiger partial charge in [-0.1, -0.05) is 6.07 Å². The quantitative estimate of drug-likeness (QED) is 0.232. The van der Waals surface area contributed by atoms with Crippen LogP contribution in [0.3, 0.4) is 0 Å². The number of sulfonamides is 1. The predicted octanol–water partition coefficient (Wildman–Crippen LogP) is 4.15. The zero-order chi connectivity index (χ0) is 33.8. The number of benzene rings is 2. The molecule has 4 fully saturated rings. The fourth-order valence-electron chi connectivity index (χ4n) is 9.26. The van der Waals surface area contributed by atoms with Crippen molar-refractivity contribution >= 4 is 27.6 Å². The Morgan fingerprint density at radius 3 is 2.19 bits per heavy atom. The molecule has 5 aliphatic rings.